The predicted molar refractivity (Wildman–Crippen MR) is 48.9 cm³/mol. The third-order valence-electron chi connectivity index (χ3n) is 1.38. The number of hydrogen-bond donors (Lipinski definition) is 1. The summed E-state index contributed by atoms with van der Waals surface area (Å²) in [5.74, 6) is -1.32. The Bertz CT molecular complexity index is 363. The van der Waals surface area contributed by atoms with E-state index >= 15 is 0 Å². The molecular formula is C7H3BrClF2NO2. The van der Waals surface area contributed by atoms with Gasteiger partial charge >= 0.3 is 5.97 Å². The van der Waals surface area contributed by atoms with Crippen molar-refractivity contribution in [2.45, 2.75) is 6.43 Å². The van der Waals surface area contributed by atoms with E-state index in [1.807, 2.05) is 0 Å². The van der Waals surface area contributed by atoms with E-state index in [1.165, 1.54) is 0 Å². The van der Waals surface area contributed by atoms with Gasteiger partial charge in [0.2, 0.25) is 0 Å². The Balaban J connectivity index is 3.32. The van der Waals surface area contributed by atoms with E-state index in [9.17, 15) is 13.6 Å². The molecule has 0 saturated carbocycles. The molecule has 3 nitrogen and oxygen atoms in total. The van der Waals surface area contributed by atoms with Crippen LogP contribution in [0.15, 0.2) is 10.5 Å². The molecule has 0 aliphatic heterocycles. The molecule has 0 fully saturated rings. The predicted octanol–water partition coefficient (Wildman–Crippen LogP) is 3.13. The van der Waals surface area contributed by atoms with Crippen LogP contribution in [0, 0.1) is 0 Å². The molecular weight excluding hydrogens is 283 g/mol. The molecule has 76 valence electrons. The highest BCUT2D eigenvalue weighted by molar-refractivity contribution is 9.10. The number of nitrogens with zero attached hydrogens (tertiary/aromatic N) is 1. The number of halogens is 4. The largest absolute Gasteiger partial charge is 0.478 e. The quantitative estimate of drug-likeness (QED) is 0.850. The Kier molecular flexibility index (Phi) is 3.38. The lowest BCUT2D eigenvalue weighted by molar-refractivity contribution is 0.0695. The summed E-state index contributed by atoms with van der Waals surface area (Å²) in [6, 6.07) is 0.931. The number of carboxylic acid groups (broad SMARTS) is 1. The second kappa shape index (κ2) is 4.18. The minimum Gasteiger partial charge on any atom is -0.478 e. The highest BCUT2D eigenvalue weighted by Gasteiger charge is 2.19. The van der Waals surface area contributed by atoms with E-state index in [2.05, 4.69) is 20.9 Å². The average Bonchev–Trinajstić information content (AvgIpc) is 2.01. The van der Waals surface area contributed by atoms with Gasteiger partial charge in [-0.2, -0.15) is 0 Å². The molecule has 1 aromatic heterocycles. The lowest BCUT2D eigenvalue weighted by Crippen LogP contribution is -2.03. The third-order valence-corrected chi connectivity index (χ3v) is 2.28. The molecule has 0 atom stereocenters. The molecule has 0 spiro atoms. The van der Waals surface area contributed by atoms with E-state index in [0.29, 0.717) is 0 Å². The second-order valence-electron chi connectivity index (χ2n) is 2.30. The molecule has 0 bridgehead atoms. The van der Waals surface area contributed by atoms with Crippen molar-refractivity contribution < 1.29 is 18.7 Å². The van der Waals surface area contributed by atoms with Gasteiger partial charge in [-0.1, -0.05) is 11.6 Å². The zero-order chi connectivity index (χ0) is 10.9. The smallest absolute Gasteiger partial charge is 0.340 e. The molecule has 0 unspecified atom stereocenters. The molecule has 0 amide bonds. The Labute approximate surface area is 90.8 Å². The number of pyridine rings is 1. The molecule has 1 heterocycles. The van der Waals surface area contributed by atoms with Gasteiger partial charge in [0.1, 0.15) is 16.4 Å². The van der Waals surface area contributed by atoms with Crippen LogP contribution in [-0.4, -0.2) is 16.1 Å². The van der Waals surface area contributed by atoms with Gasteiger partial charge in [-0.05, 0) is 22.0 Å². The fraction of sp³-hybridized carbons (Fsp3) is 0.143. The monoisotopic (exact) mass is 285 g/mol. The van der Waals surface area contributed by atoms with Crippen molar-refractivity contribution in [2.24, 2.45) is 0 Å². The molecule has 0 saturated heterocycles. The van der Waals surface area contributed by atoms with Gasteiger partial charge in [-0.15, -0.1) is 0 Å². The number of rotatable bonds is 2. The lowest BCUT2D eigenvalue weighted by atomic mass is 10.2. The van der Waals surface area contributed by atoms with Gasteiger partial charge in [0.05, 0.1) is 0 Å². The van der Waals surface area contributed by atoms with Crippen LogP contribution in [0.25, 0.3) is 0 Å². The van der Waals surface area contributed by atoms with Crippen LogP contribution in [0.2, 0.25) is 5.15 Å². The molecule has 0 aromatic carbocycles. The van der Waals surface area contributed by atoms with E-state index in [-0.39, 0.29) is 10.0 Å². The van der Waals surface area contributed by atoms with Crippen molar-refractivity contribution in [3.05, 3.63) is 26.9 Å². The van der Waals surface area contributed by atoms with Crippen molar-refractivity contribution in [1.29, 1.82) is 0 Å². The fourth-order valence-corrected chi connectivity index (χ4v) is 1.79. The maximum Gasteiger partial charge on any atom is 0.340 e. The fourth-order valence-electron chi connectivity index (χ4n) is 0.804. The first-order chi connectivity index (χ1) is 6.43. The Hall–Kier alpha value is -0.750. The summed E-state index contributed by atoms with van der Waals surface area (Å²) in [4.78, 5) is 13.8. The van der Waals surface area contributed by atoms with Gasteiger partial charge < -0.3 is 5.11 Å². The zero-order valence-electron chi connectivity index (χ0n) is 6.47. The van der Waals surface area contributed by atoms with Crippen molar-refractivity contribution >= 4 is 33.5 Å². The topological polar surface area (TPSA) is 50.2 Å². The molecule has 0 aliphatic rings. The summed E-state index contributed by atoms with van der Waals surface area (Å²) in [5, 5.41) is 8.18. The maximum atomic E-state index is 12.2. The second-order valence-corrected chi connectivity index (χ2v) is 3.51. The van der Waals surface area contributed by atoms with Crippen molar-refractivity contribution in [3.63, 3.8) is 0 Å². The minimum absolute atomic E-state index is 0.0136. The molecule has 0 radical (unpaired) electrons. The van der Waals surface area contributed by atoms with Gasteiger partial charge in [-0.25, -0.2) is 18.6 Å². The summed E-state index contributed by atoms with van der Waals surface area (Å²) in [5.41, 5.74) is -0.886. The van der Waals surface area contributed by atoms with Crippen LogP contribution in [0.3, 0.4) is 0 Å². The van der Waals surface area contributed by atoms with Gasteiger partial charge in [0.25, 0.3) is 6.43 Å². The Morgan fingerprint density at radius 1 is 1.64 bits per heavy atom. The normalized spacial score (nSPS) is 10.6. The number of carboxylic acids is 1. The SMILES string of the molecule is O=C(O)c1c(Br)cc(C(F)F)nc1Cl. The van der Waals surface area contributed by atoms with Crippen molar-refractivity contribution in [1.82, 2.24) is 4.98 Å². The summed E-state index contributed by atoms with van der Waals surface area (Å²) in [6.45, 7) is 0. The van der Waals surface area contributed by atoms with Gasteiger partial charge in [0.15, 0.2) is 0 Å². The van der Waals surface area contributed by atoms with E-state index in [1.54, 1.807) is 0 Å². The third kappa shape index (κ3) is 2.19. The molecule has 7 heteroatoms. The van der Waals surface area contributed by atoms with Crippen LogP contribution >= 0.6 is 27.5 Å². The maximum absolute atomic E-state index is 12.2. The Morgan fingerprint density at radius 2 is 2.21 bits per heavy atom. The Morgan fingerprint density at radius 3 is 2.57 bits per heavy atom. The van der Waals surface area contributed by atoms with Crippen LogP contribution in [0.4, 0.5) is 8.78 Å². The molecule has 1 N–H and O–H groups in total. The first-order valence-corrected chi connectivity index (χ1v) is 4.48. The first-order valence-electron chi connectivity index (χ1n) is 3.31. The summed E-state index contributed by atoms with van der Waals surface area (Å²) in [7, 11) is 0. The summed E-state index contributed by atoms with van der Waals surface area (Å²) >= 11 is 8.25. The number of aromatic carboxylic acids is 1. The van der Waals surface area contributed by atoms with Crippen molar-refractivity contribution in [3.8, 4) is 0 Å². The zero-order valence-corrected chi connectivity index (χ0v) is 8.81. The van der Waals surface area contributed by atoms with Gasteiger partial charge in [-0.3, -0.25) is 0 Å². The first kappa shape index (κ1) is 11.3. The number of carbonyl (C=O) groups is 1. The van der Waals surface area contributed by atoms with Crippen molar-refractivity contribution in [2.75, 3.05) is 0 Å². The summed E-state index contributed by atoms with van der Waals surface area (Å²) in [6.07, 6.45) is -2.79. The van der Waals surface area contributed by atoms with E-state index < -0.39 is 23.2 Å². The van der Waals surface area contributed by atoms with Crippen LogP contribution < -0.4 is 0 Å². The number of alkyl halides is 2. The van der Waals surface area contributed by atoms with E-state index in [4.69, 9.17) is 16.7 Å². The summed E-state index contributed by atoms with van der Waals surface area (Å²) < 4.78 is 24.3. The van der Waals surface area contributed by atoms with E-state index in [0.717, 1.165) is 6.07 Å². The van der Waals surface area contributed by atoms with Crippen LogP contribution in [-0.2, 0) is 0 Å². The molecule has 0 aliphatic carbocycles. The minimum atomic E-state index is -2.79. The van der Waals surface area contributed by atoms with Crippen LogP contribution in [0.5, 0.6) is 0 Å². The van der Waals surface area contributed by atoms with Gasteiger partial charge in [0, 0.05) is 4.47 Å². The highest BCUT2D eigenvalue weighted by Crippen LogP contribution is 2.28. The molecule has 14 heavy (non-hydrogen) atoms. The number of aromatic nitrogens is 1. The molecule has 1 rings (SSSR count). The highest BCUT2D eigenvalue weighted by atomic mass is 79.9. The van der Waals surface area contributed by atoms with Crippen LogP contribution in [0.1, 0.15) is 22.5 Å². The average molecular weight is 286 g/mol. The molecule has 1 aromatic rings. The number of hydrogen-bond acceptors (Lipinski definition) is 2. The lowest BCUT2D eigenvalue weighted by Gasteiger charge is -2.04. The standard InChI is InChI=1S/C7H3BrClF2NO2/c8-2-1-3(6(10)11)12-5(9)4(2)7(13)14/h1,6H,(H,13,14).